The van der Waals surface area contributed by atoms with Crippen LogP contribution in [0, 0.1) is 0 Å². The van der Waals surface area contributed by atoms with E-state index in [9.17, 15) is 4.79 Å². The number of rotatable bonds is 3. The summed E-state index contributed by atoms with van der Waals surface area (Å²) in [6.07, 6.45) is 3.30. The number of halogens is 1. The van der Waals surface area contributed by atoms with Crippen molar-refractivity contribution >= 4 is 23.6 Å². The van der Waals surface area contributed by atoms with Gasteiger partial charge in [0.25, 0.3) is 0 Å². The third-order valence-electron chi connectivity index (χ3n) is 3.44. The van der Waals surface area contributed by atoms with Crippen LogP contribution in [0.5, 0.6) is 0 Å². The van der Waals surface area contributed by atoms with E-state index in [1.807, 2.05) is 32.7 Å². The van der Waals surface area contributed by atoms with E-state index in [1.165, 1.54) is 0 Å². The number of carbonyl (C=O) groups excluding carboxylic acids is 1. The summed E-state index contributed by atoms with van der Waals surface area (Å²) in [5.74, 6) is 0.559. The largest absolute Gasteiger partial charge is 0.444 e. The van der Waals surface area contributed by atoms with E-state index in [1.54, 1.807) is 17.2 Å². The predicted octanol–water partition coefficient (Wildman–Crippen LogP) is 2.97. The van der Waals surface area contributed by atoms with Crippen LogP contribution in [0.1, 0.15) is 33.6 Å². The number of nitrogens with zero attached hydrogens (tertiary/aromatic N) is 4. The molecule has 6 nitrogen and oxygen atoms in total. The molecule has 0 saturated carbocycles. The second-order valence-electron chi connectivity index (χ2n) is 6.53. The monoisotopic (exact) mass is 326 g/mol. The van der Waals surface area contributed by atoms with Gasteiger partial charge >= 0.3 is 6.09 Å². The van der Waals surface area contributed by atoms with Gasteiger partial charge in [0.1, 0.15) is 10.8 Å². The Morgan fingerprint density at radius 2 is 2.27 bits per heavy atom. The molecule has 1 atom stereocenters. The van der Waals surface area contributed by atoms with Gasteiger partial charge < -0.3 is 14.5 Å². The van der Waals surface area contributed by atoms with Crippen molar-refractivity contribution in [2.24, 2.45) is 0 Å². The fourth-order valence-corrected chi connectivity index (χ4v) is 2.63. The lowest BCUT2D eigenvalue weighted by molar-refractivity contribution is 0.0231. The first-order chi connectivity index (χ1) is 10.3. The maximum Gasteiger partial charge on any atom is 0.410 e. The molecule has 2 heterocycles. The van der Waals surface area contributed by atoms with Crippen LogP contribution in [0.3, 0.4) is 0 Å². The van der Waals surface area contributed by atoms with Crippen LogP contribution >= 0.6 is 11.6 Å². The molecular weight excluding hydrogens is 304 g/mol. The number of hydrogen-bond donors (Lipinski definition) is 0. The highest BCUT2D eigenvalue weighted by atomic mass is 35.5. The Hall–Kier alpha value is -1.56. The summed E-state index contributed by atoms with van der Waals surface area (Å²) in [6, 6.07) is 1.74. The van der Waals surface area contributed by atoms with E-state index in [-0.39, 0.29) is 12.1 Å². The second-order valence-corrected chi connectivity index (χ2v) is 6.92. The molecule has 1 unspecified atom stereocenters. The van der Waals surface area contributed by atoms with E-state index < -0.39 is 5.60 Å². The first kappa shape index (κ1) is 16.8. The van der Waals surface area contributed by atoms with Gasteiger partial charge in [0, 0.05) is 26.3 Å². The van der Waals surface area contributed by atoms with Gasteiger partial charge in [0.15, 0.2) is 0 Å². The lowest BCUT2D eigenvalue weighted by Crippen LogP contribution is -2.44. The Balaban J connectivity index is 2.00. The Morgan fingerprint density at radius 3 is 2.91 bits per heavy atom. The fourth-order valence-electron chi connectivity index (χ4n) is 2.50. The number of hydrogen-bond acceptors (Lipinski definition) is 5. The molecule has 122 valence electrons. The number of carbonyl (C=O) groups is 1. The lowest BCUT2D eigenvalue weighted by atomic mass is 10.2. The SMILES string of the molecule is CN(CC1CCCN1C(=O)OC(C)(C)C)c1nccc(Cl)n1. The Bertz CT molecular complexity index is 533. The van der Waals surface area contributed by atoms with Gasteiger partial charge in [-0.3, -0.25) is 0 Å². The number of likely N-dealkylation sites (N-methyl/N-ethyl adjacent to an activating group) is 1. The molecule has 1 aromatic heterocycles. The predicted molar refractivity (Wildman–Crippen MR) is 86.3 cm³/mol. The molecule has 2 rings (SSSR count). The van der Waals surface area contributed by atoms with Crippen molar-refractivity contribution in [2.45, 2.75) is 45.3 Å². The second kappa shape index (κ2) is 6.69. The van der Waals surface area contributed by atoms with Gasteiger partial charge in [-0.05, 0) is 39.7 Å². The third kappa shape index (κ3) is 4.47. The lowest BCUT2D eigenvalue weighted by Gasteiger charge is -2.30. The summed E-state index contributed by atoms with van der Waals surface area (Å²) in [4.78, 5) is 24.4. The highest BCUT2D eigenvalue weighted by molar-refractivity contribution is 6.29. The smallest absolute Gasteiger partial charge is 0.410 e. The van der Waals surface area contributed by atoms with Crippen molar-refractivity contribution in [3.8, 4) is 0 Å². The van der Waals surface area contributed by atoms with E-state index >= 15 is 0 Å². The molecule has 0 N–H and O–H groups in total. The van der Waals surface area contributed by atoms with E-state index in [4.69, 9.17) is 16.3 Å². The summed E-state index contributed by atoms with van der Waals surface area (Å²) in [5.41, 5.74) is -0.480. The molecule has 0 aliphatic carbocycles. The summed E-state index contributed by atoms with van der Waals surface area (Å²) in [7, 11) is 1.90. The highest BCUT2D eigenvalue weighted by Crippen LogP contribution is 2.22. The average Bonchev–Trinajstić information content (AvgIpc) is 2.85. The molecule has 1 saturated heterocycles. The number of anilines is 1. The summed E-state index contributed by atoms with van der Waals surface area (Å²) < 4.78 is 5.47. The van der Waals surface area contributed by atoms with Crippen molar-refractivity contribution in [1.82, 2.24) is 14.9 Å². The minimum Gasteiger partial charge on any atom is -0.444 e. The van der Waals surface area contributed by atoms with Crippen LogP contribution in [0.4, 0.5) is 10.7 Å². The maximum absolute atomic E-state index is 12.3. The molecule has 7 heteroatoms. The average molecular weight is 327 g/mol. The van der Waals surface area contributed by atoms with Crippen LogP contribution in [0.2, 0.25) is 5.15 Å². The number of aromatic nitrogens is 2. The van der Waals surface area contributed by atoms with Crippen LogP contribution < -0.4 is 4.90 Å². The zero-order valence-electron chi connectivity index (χ0n) is 13.5. The summed E-state index contributed by atoms with van der Waals surface area (Å²) in [5, 5.41) is 0.410. The zero-order chi connectivity index (χ0) is 16.3. The molecule has 1 aliphatic heterocycles. The van der Waals surface area contributed by atoms with E-state index in [2.05, 4.69) is 9.97 Å². The van der Waals surface area contributed by atoms with Gasteiger partial charge in [0.05, 0.1) is 6.04 Å². The van der Waals surface area contributed by atoms with Gasteiger partial charge in [-0.25, -0.2) is 14.8 Å². The number of ether oxygens (including phenoxy) is 1. The minimum atomic E-state index is -0.480. The van der Waals surface area contributed by atoms with Crippen LogP contribution in [0.15, 0.2) is 12.3 Å². The van der Waals surface area contributed by atoms with E-state index in [0.717, 1.165) is 19.4 Å². The maximum atomic E-state index is 12.3. The first-order valence-electron chi connectivity index (χ1n) is 7.45. The molecule has 22 heavy (non-hydrogen) atoms. The molecule has 0 aromatic carbocycles. The zero-order valence-corrected chi connectivity index (χ0v) is 14.3. The molecule has 0 spiro atoms. The van der Waals surface area contributed by atoms with Crippen molar-refractivity contribution in [1.29, 1.82) is 0 Å². The molecular formula is C15H23ClN4O2. The molecule has 1 fully saturated rings. The Labute approximate surface area is 136 Å². The number of amides is 1. The molecule has 0 bridgehead atoms. The van der Waals surface area contributed by atoms with Crippen molar-refractivity contribution in [2.75, 3.05) is 25.0 Å². The molecule has 1 amide bonds. The Morgan fingerprint density at radius 1 is 1.55 bits per heavy atom. The summed E-state index contributed by atoms with van der Waals surface area (Å²) in [6.45, 7) is 7.01. The summed E-state index contributed by atoms with van der Waals surface area (Å²) >= 11 is 5.90. The quantitative estimate of drug-likeness (QED) is 0.799. The highest BCUT2D eigenvalue weighted by Gasteiger charge is 2.33. The van der Waals surface area contributed by atoms with Gasteiger partial charge in [0.2, 0.25) is 5.95 Å². The van der Waals surface area contributed by atoms with Gasteiger partial charge in [-0.1, -0.05) is 11.6 Å². The van der Waals surface area contributed by atoms with Crippen LogP contribution in [-0.2, 0) is 4.74 Å². The van der Waals surface area contributed by atoms with Gasteiger partial charge in [-0.2, -0.15) is 0 Å². The minimum absolute atomic E-state index is 0.0995. The third-order valence-corrected chi connectivity index (χ3v) is 3.65. The number of likely N-dealkylation sites (tertiary alicyclic amines) is 1. The van der Waals surface area contributed by atoms with E-state index in [0.29, 0.717) is 17.6 Å². The standard InChI is InChI=1S/C15H23ClN4O2/c1-15(2,3)22-14(21)20-9-5-6-11(20)10-19(4)13-17-8-7-12(16)18-13/h7-8,11H,5-6,9-10H2,1-4H3. The van der Waals surface area contributed by atoms with Crippen molar-refractivity contribution in [3.05, 3.63) is 17.4 Å². The molecule has 1 aliphatic rings. The topological polar surface area (TPSA) is 58.6 Å². The fraction of sp³-hybridized carbons (Fsp3) is 0.667. The Kier molecular flexibility index (Phi) is 5.11. The van der Waals surface area contributed by atoms with Gasteiger partial charge in [-0.15, -0.1) is 0 Å². The normalized spacial score (nSPS) is 18.4. The molecule has 1 aromatic rings. The molecule has 0 radical (unpaired) electrons. The van der Waals surface area contributed by atoms with Crippen LogP contribution in [-0.4, -0.2) is 52.7 Å². The van der Waals surface area contributed by atoms with Crippen molar-refractivity contribution < 1.29 is 9.53 Å². The first-order valence-corrected chi connectivity index (χ1v) is 7.83. The van der Waals surface area contributed by atoms with Crippen LogP contribution in [0.25, 0.3) is 0 Å². The van der Waals surface area contributed by atoms with Crippen molar-refractivity contribution in [3.63, 3.8) is 0 Å².